The van der Waals surface area contributed by atoms with Crippen LogP contribution in [0.4, 0.5) is 5.82 Å². The average Bonchev–Trinajstić information content (AvgIpc) is 2.89. The zero-order chi connectivity index (χ0) is 15.1. The Morgan fingerprint density at radius 3 is 2.82 bits per heavy atom. The van der Waals surface area contributed by atoms with Crippen molar-refractivity contribution in [2.75, 3.05) is 5.32 Å². The Morgan fingerprint density at radius 2 is 2.00 bits per heavy atom. The number of nitrogens with zero attached hydrogens (tertiary/aromatic N) is 3. The van der Waals surface area contributed by atoms with Crippen molar-refractivity contribution in [2.45, 2.75) is 37.8 Å². The Kier molecular flexibility index (Phi) is 3.71. The molecule has 1 aliphatic carbocycles. The lowest BCUT2D eigenvalue weighted by molar-refractivity contribution is 0.126. The van der Waals surface area contributed by atoms with Crippen molar-refractivity contribution in [3.8, 4) is 0 Å². The Balaban J connectivity index is 1.73. The van der Waals surface area contributed by atoms with Gasteiger partial charge in [0, 0.05) is 22.1 Å². The van der Waals surface area contributed by atoms with Gasteiger partial charge in [-0.25, -0.2) is 15.0 Å². The maximum absolute atomic E-state index is 9.62. The lowest BCUT2D eigenvalue weighted by Crippen LogP contribution is -2.28. The van der Waals surface area contributed by atoms with E-state index in [4.69, 9.17) is 0 Å². The van der Waals surface area contributed by atoms with Crippen LogP contribution in [0, 0.1) is 0 Å². The summed E-state index contributed by atoms with van der Waals surface area (Å²) >= 11 is 5.08. The van der Waals surface area contributed by atoms with Gasteiger partial charge in [-0.05, 0) is 47.7 Å². The Labute approximate surface area is 139 Å². The number of aromatic nitrogens is 3. The smallest absolute Gasteiger partial charge is 0.147 e. The predicted octanol–water partition coefficient (Wildman–Crippen LogP) is 3.72. The first kappa shape index (κ1) is 14.3. The molecular formula is C15H15BrN4OS. The van der Waals surface area contributed by atoms with E-state index in [2.05, 4.69) is 42.3 Å². The summed E-state index contributed by atoms with van der Waals surface area (Å²) in [6.45, 7) is 0. The number of fused-ring (bicyclic) bond motifs is 3. The number of rotatable bonds is 2. The lowest BCUT2D eigenvalue weighted by Gasteiger charge is -2.26. The summed E-state index contributed by atoms with van der Waals surface area (Å²) in [5, 5.41) is 14.2. The molecule has 3 heterocycles. The maximum Gasteiger partial charge on any atom is 0.147 e. The topological polar surface area (TPSA) is 70.9 Å². The fourth-order valence-electron chi connectivity index (χ4n) is 2.95. The van der Waals surface area contributed by atoms with Gasteiger partial charge in [-0.15, -0.1) is 11.3 Å². The molecule has 0 aliphatic heterocycles. The molecule has 1 saturated carbocycles. The predicted molar refractivity (Wildman–Crippen MR) is 92.3 cm³/mol. The summed E-state index contributed by atoms with van der Waals surface area (Å²) in [4.78, 5) is 14.3. The van der Waals surface area contributed by atoms with E-state index in [0.717, 1.165) is 56.4 Å². The van der Waals surface area contributed by atoms with Gasteiger partial charge in [0.15, 0.2) is 0 Å². The van der Waals surface area contributed by atoms with Crippen LogP contribution in [0.25, 0.3) is 20.4 Å². The Morgan fingerprint density at radius 1 is 1.18 bits per heavy atom. The van der Waals surface area contributed by atoms with Crippen molar-refractivity contribution in [2.24, 2.45) is 0 Å². The second kappa shape index (κ2) is 5.72. The normalized spacial score (nSPS) is 22.3. The highest BCUT2D eigenvalue weighted by atomic mass is 79.9. The molecule has 0 radical (unpaired) electrons. The molecule has 4 rings (SSSR count). The van der Waals surface area contributed by atoms with Crippen LogP contribution in [0.5, 0.6) is 0 Å². The van der Waals surface area contributed by atoms with Crippen LogP contribution in [-0.2, 0) is 0 Å². The maximum atomic E-state index is 9.62. The Bertz CT molecular complexity index is 829. The number of hydrogen-bond donors (Lipinski definition) is 2. The average molecular weight is 379 g/mol. The number of anilines is 1. The van der Waals surface area contributed by atoms with Crippen molar-refractivity contribution in [3.63, 3.8) is 0 Å². The van der Waals surface area contributed by atoms with Crippen LogP contribution >= 0.6 is 27.3 Å². The third-order valence-corrected chi connectivity index (χ3v) is 5.66. The summed E-state index contributed by atoms with van der Waals surface area (Å²) in [6.07, 6.45) is 6.92. The summed E-state index contributed by atoms with van der Waals surface area (Å²) in [5.41, 5.74) is 0.946. The molecule has 0 amide bonds. The molecule has 0 aromatic carbocycles. The van der Waals surface area contributed by atoms with E-state index >= 15 is 0 Å². The van der Waals surface area contributed by atoms with Crippen LogP contribution in [0.2, 0.25) is 0 Å². The van der Waals surface area contributed by atoms with Gasteiger partial charge < -0.3 is 10.4 Å². The van der Waals surface area contributed by atoms with Gasteiger partial charge in [-0.1, -0.05) is 0 Å². The molecule has 0 spiro atoms. The van der Waals surface area contributed by atoms with Gasteiger partial charge in [0.25, 0.3) is 0 Å². The molecular weight excluding hydrogens is 364 g/mol. The van der Waals surface area contributed by atoms with Crippen molar-refractivity contribution in [1.29, 1.82) is 0 Å². The van der Waals surface area contributed by atoms with Crippen molar-refractivity contribution < 1.29 is 5.11 Å². The molecule has 0 unspecified atom stereocenters. The van der Waals surface area contributed by atoms with E-state index in [1.165, 1.54) is 0 Å². The van der Waals surface area contributed by atoms with Crippen LogP contribution in [0.1, 0.15) is 25.7 Å². The monoisotopic (exact) mass is 378 g/mol. The highest BCUT2D eigenvalue weighted by Crippen LogP contribution is 2.36. The SMILES string of the molecule is OC1CCC(Nc2ncnc3c2sc2ncc(Br)cc23)CC1. The molecule has 7 heteroatoms. The molecule has 5 nitrogen and oxygen atoms in total. The zero-order valence-corrected chi connectivity index (χ0v) is 14.2. The minimum absolute atomic E-state index is 0.144. The van der Waals surface area contributed by atoms with Crippen LogP contribution < -0.4 is 5.32 Å². The summed E-state index contributed by atoms with van der Waals surface area (Å²) in [5.74, 6) is 0.880. The third kappa shape index (κ3) is 2.57. The highest BCUT2D eigenvalue weighted by Gasteiger charge is 2.21. The quantitative estimate of drug-likeness (QED) is 0.710. The van der Waals surface area contributed by atoms with Crippen LogP contribution in [0.15, 0.2) is 23.1 Å². The molecule has 114 valence electrons. The van der Waals surface area contributed by atoms with Crippen molar-refractivity contribution in [3.05, 3.63) is 23.1 Å². The third-order valence-electron chi connectivity index (χ3n) is 4.11. The second-order valence-electron chi connectivity index (χ2n) is 5.66. The molecule has 3 aromatic heterocycles. The van der Waals surface area contributed by atoms with Crippen LogP contribution in [0.3, 0.4) is 0 Å². The second-order valence-corrected chi connectivity index (χ2v) is 7.57. The highest BCUT2D eigenvalue weighted by molar-refractivity contribution is 9.10. The summed E-state index contributed by atoms with van der Waals surface area (Å²) in [6, 6.07) is 2.42. The van der Waals surface area contributed by atoms with E-state index in [1.54, 1.807) is 23.9 Å². The number of nitrogens with one attached hydrogen (secondary N) is 1. The van der Waals surface area contributed by atoms with E-state index in [-0.39, 0.29) is 6.10 Å². The van der Waals surface area contributed by atoms with E-state index in [9.17, 15) is 5.11 Å². The van der Waals surface area contributed by atoms with E-state index < -0.39 is 0 Å². The van der Waals surface area contributed by atoms with Gasteiger partial charge in [-0.2, -0.15) is 0 Å². The Hall–Kier alpha value is -1.31. The van der Waals surface area contributed by atoms with Gasteiger partial charge in [0.05, 0.1) is 16.3 Å². The minimum atomic E-state index is -0.144. The minimum Gasteiger partial charge on any atom is -0.393 e. The molecule has 3 aromatic rings. The fourth-order valence-corrected chi connectivity index (χ4v) is 4.32. The van der Waals surface area contributed by atoms with Crippen LogP contribution in [-0.4, -0.2) is 32.2 Å². The molecule has 0 saturated heterocycles. The van der Waals surface area contributed by atoms with Gasteiger partial charge in [0.1, 0.15) is 17.0 Å². The number of thiophene rings is 1. The molecule has 0 bridgehead atoms. The number of pyridine rings is 1. The number of aliphatic hydroxyl groups is 1. The molecule has 2 N–H and O–H groups in total. The number of halogens is 1. The van der Waals surface area contributed by atoms with E-state index in [1.807, 2.05) is 0 Å². The van der Waals surface area contributed by atoms with Crippen molar-refractivity contribution in [1.82, 2.24) is 15.0 Å². The first-order valence-corrected chi connectivity index (χ1v) is 8.95. The molecule has 0 atom stereocenters. The summed E-state index contributed by atoms with van der Waals surface area (Å²) < 4.78 is 2.00. The summed E-state index contributed by atoms with van der Waals surface area (Å²) in [7, 11) is 0. The standard InChI is InChI=1S/C15H15BrN4OS/c16-8-5-11-12-13(22-15(11)17-6-8)14(19-7-18-12)20-9-1-3-10(21)4-2-9/h5-7,9-10,21H,1-4H2,(H,18,19,20). The first-order valence-electron chi connectivity index (χ1n) is 7.34. The largest absolute Gasteiger partial charge is 0.393 e. The molecule has 1 fully saturated rings. The fraction of sp³-hybridized carbons (Fsp3) is 0.400. The zero-order valence-electron chi connectivity index (χ0n) is 11.8. The van der Waals surface area contributed by atoms with Gasteiger partial charge in [0.2, 0.25) is 0 Å². The molecule has 1 aliphatic rings. The van der Waals surface area contributed by atoms with E-state index in [0.29, 0.717) is 6.04 Å². The van der Waals surface area contributed by atoms with Gasteiger partial charge >= 0.3 is 0 Å². The van der Waals surface area contributed by atoms with Gasteiger partial charge in [-0.3, -0.25) is 0 Å². The van der Waals surface area contributed by atoms with Crippen molar-refractivity contribution >= 4 is 53.5 Å². The number of aliphatic hydroxyl groups excluding tert-OH is 1. The first-order chi connectivity index (χ1) is 10.7. The molecule has 22 heavy (non-hydrogen) atoms. The lowest BCUT2D eigenvalue weighted by atomic mass is 9.93. The number of hydrogen-bond acceptors (Lipinski definition) is 6.